The quantitative estimate of drug-likeness (QED) is 0.844. The largest absolute Gasteiger partial charge is 0.495 e. The molecule has 1 aliphatic heterocycles. The predicted octanol–water partition coefficient (Wildman–Crippen LogP) is 3.09. The van der Waals surface area contributed by atoms with Crippen molar-refractivity contribution in [3.05, 3.63) is 47.3 Å². The Morgan fingerprint density at radius 2 is 1.78 bits per heavy atom. The average Bonchev–Trinajstić information content (AvgIpc) is 2.64. The number of rotatable bonds is 5. The summed E-state index contributed by atoms with van der Waals surface area (Å²) in [5.74, 6) is -0.272. The molecule has 3 rings (SSSR count). The summed E-state index contributed by atoms with van der Waals surface area (Å²) in [5.41, 5.74) is 2.55. The van der Waals surface area contributed by atoms with Gasteiger partial charge in [0.15, 0.2) is 0 Å². The Morgan fingerprint density at radius 3 is 2.44 bits per heavy atom. The van der Waals surface area contributed by atoms with Gasteiger partial charge in [0.2, 0.25) is 0 Å². The van der Waals surface area contributed by atoms with Gasteiger partial charge < -0.3 is 14.4 Å². The number of benzene rings is 2. The minimum atomic E-state index is -3.97. The monoisotopic (exact) mass is 394 g/mol. The van der Waals surface area contributed by atoms with Crippen LogP contribution in [0.5, 0.6) is 5.75 Å². The van der Waals surface area contributed by atoms with Gasteiger partial charge in [-0.3, -0.25) is 4.72 Å². The number of nitrogens with one attached hydrogen (secondary N) is 1. The maximum atomic E-state index is 13.9. The molecule has 2 aromatic rings. The van der Waals surface area contributed by atoms with E-state index in [9.17, 15) is 12.8 Å². The molecule has 1 N–H and O–H groups in total. The van der Waals surface area contributed by atoms with Gasteiger partial charge in [-0.1, -0.05) is 0 Å². The SMILES string of the molecule is COc1cc(C)c(C)cc1S(=O)(=O)Nc1cc(F)ccc1N1CCOCC1. The number of hydrogen-bond donors (Lipinski definition) is 1. The number of morpholine rings is 1. The number of halogens is 1. The second-order valence-corrected chi connectivity index (χ2v) is 8.10. The van der Waals surface area contributed by atoms with Crippen molar-refractivity contribution in [1.82, 2.24) is 0 Å². The van der Waals surface area contributed by atoms with Gasteiger partial charge in [-0.2, -0.15) is 0 Å². The molecule has 2 aromatic carbocycles. The van der Waals surface area contributed by atoms with Crippen molar-refractivity contribution in [3.63, 3.8) is 0 Å². The third-order valence-electron chi connectivity index (χ3n) is 4.62. The van der Waals surface area contributed by atoms with E-state index in [0.29, 0.717) is 32.0 Å². The minimum Gasteiger partial charge on any atom is -0.495 e. The van der Waals surface area contributed by atoms with E-state index in [2.05, 4.69) is 4.72 Å². The molecule has 1 heterocycles. The number of methoxy groups -OCH3 is 1. The lowest BCUT2D eigenvalue weighted by Gasteiger charge is -2.30. The fourth-order valence-electron chi connectivity index (χ4n) is 3.00. The number of hydrogen-bond acceptors (Lipinski definition) is 5. The Kier molecular flexibility index (Phi) is 5.57. The van der Waals surface area contributed by atoms with Crippen LogP contribution in [0.3, 0.4) is 0 Å². The lowest BCUT2D eigenvalue weighted by Crippen LogP contribution is -2.36. The molecule has 1 fully saturated rings. The van der Waals surface area contributed by atoms with Gasteiger partial charge in [-0.05, 0) is 49.2 Å². The first-order valence-corrected chi connectivity index (χ1v) is 10.1. The molecule has 0 aliphatic carbocycles. The van der Waals surface area contributed by atoms with Crippen molar-refractivity contribution in [2.24, 2.45) is 0 Å². The van der Waals surface area contributed by atoms with Crippen molar-refractivity contribution in [2.45, 2.75) is 18.7 Å². The molecule has 0 saturated carbocycles. The maximum absolute atomic E-state index is 13.9. The number of ether oxygens (including phenoxy) is 2. The predicted molar refractivity (Wildman–Crippen MR) is 103 cm³/mol. The van der Waals surface area contributed by atoms with Gasteiger partial charge in [0.25, 0.3) is 10.0 Å². The normalized spacial score (nSPS) is 14.9. The van der Waals surface area contributed by atoms with E-state index < -0.39 is 15.8 Å². The van der Waals surface area contributed by atoms with E-state index >= 15 is 0 Å². The van der Waals surface area contributed by atoms with Crippen molar-refractivity contribution in [2.75, 3.05) is 43.0 Å². The summed E-state index contributed by atoms with van der Waals surface area (Å²) >= 11 is 0. The van der Waals surface area contributed by atoms with Gasteiger partial charge >= 0.3 is 0 Å². The highest BCUT2D eigenvalue weighted by atomic mass is 32.2. The second-order valence-electron chi connectivity index (χ2n) is 6.45. The minimum absolute atomic E-state index is 0.0188. The third kappa shape index (κ3) is 4.17. The molecule has 0 amide bonds. The fraction of sp³-hybridized carbons (Fsp3) is 0.368. The smallest absolute Gasteiger partial charge is 0.265 e. The first kappa shape index (κ1) is 19.4. The van der Waals surface area contributed by atoms with Crippen LogP contribution < -0.4 is 14.4 Å². The van der Waals surface area contributed by atoms with Crippen molar-refractivity contribution in [1.29, 1.82) is 0 Å². The summed E-state index contributed by atoms with van der Waals surface area (Å²) in [4.78, 5) is 1.99. The fourth-order valence-corrected chi connectivity index (χ4v) is 4.30. The Balaban J connectivity index is 2.01. The van der Waals surface area contributed by atoms with E-state index in [1.54, 1.807) is 18.2 Å². The summed E-state index contributed by atoms with van der Waals surface area (Å²) < 4.78 is 53.0. The van der Waals surface area contributed by atoms with E-state index in [4.69, 9.17) is 9.47 Å². The van der Waals surface area contributed by atoms with Gasteiger partial charge in [-0.25, -0.2) is 12.8 Å². The molecule has 0 bridgehead atoms. The van der Waals surface area contributed by atoms with Crippen molar-refractivity contribution < 1.29 is 22.3 Å². The maximum Gasteiger partial charge on any atom is 0.265 e. The van der Waals surface area contributed by atoms with Crippen LogP contribution in [0.25, 0.3) is 0 Å². The zero-order chi connectivity index (χ0) is 19.6. The second kappa shape index (κ2) is 7.74. The Morgan fingerprint density at radius 1 is 1.11 bits per heavy atom. The van der Waals surface area contributed by atoms with Crippen LogP contribution in [0.15, 0.2) is 35.2 Å². The van der Waals surface area contributed by atoms with Crippen LogP contribution in [0.2, 0.25) is 0 Å². The molecule has 8 heteroatoms. The standard InChI is InChI=1S/C19H23FN2O4S/c1-13-10-18(25-3)19(11-14(13)2)27(23,24)21-16-12-15(20)4-5-17(16)22-6-8-26-9-7-22/h4-5,10-12,21H,6-9H2,1-3H3. The molecule has 1 aliphatic rings. The van der Waals surface area contributed by atoms with Gasteiger partial charge in [0, 0.05) is 19.2 Å². The molecule has 146 valence electrons. The molecule has 1 saturated heterocycles. The molecule has 0 spiro atoms. The number of sulfonamides is 1. The Bertz CT molecular complexity index is 941. The molecule has 6 nitrogen and oxygen atoms in total. The third-order valence-corrected chi connectivity index (χ3v) is 6.01. The van der Waals surface area contributed by atoms with E-state index in [1.807, 2.05) is 18.7 Å². The summed E-state index contributed by atoms with van der Waals surface area (Å²) in [6.45, 7) is 5.99. The van der Waals surface area contributed by atoms with Crippen LogP contribution in [0.1, 0.15) is 11.1 Å². The molecular weight excluding hydrogens is 371 g/mol. The molecule has 0 aromatic heterocycles. The topological polar surface area (TPSA) is 67.9 Å². The number of anilines is 2. The van der Waals surface area contributed by atoms with Gasteiger partial charge in [0.1, 0.15) is 16.5 Å². The highest BCUT2D eigenvalue weighted by Gasteiger charge is 2.24. The Labute approximate surface area is 159 Å². The number of aryl methyl sites for hydroxylation is 2. The van der Waals surface area contributed by atoms with E-state index in [-0.39, 0.29) is 16.3 Å². The van der Waals surface area contributed by atoms with Crippen LogP contribution in [-0.4, -0.2) is 41.8 Å². The zero-order valence-electron chi connectivity index (χ0n) is 15.6. The first-order valence-electron chi connectivity index (χ1n) is 8.62. The molecule has 0 radical (unpaired) electrons. The average molecular weight is 394 g/mol. The lowest BCUT2D eigenvalue weighted by molar-refractivity contribution is 0.123. The number of nitrogens with zero attached hydrogens (tertiary/aromatic N) is 1. The highest BCUT2D eigenvalue weighted by Crippen LogP contribution is 2.33. The van der Waals surface area contributed by atoms with E-state index in [1.165, 1.54) is 19.2 Å². The van der Waals surface area contributed by atoms with Gasteiger partial charge in [0.05, 0.1) is 31.7 Å². The summed E-state index contributed by atoms with van der Waals surface area (Å²) in [6, 6.07) is 7.33. The molecular formula is C19H23FN2O4S. The molecule has 27 heavy (non-hydrogen) atoms. The van der Waals surface area contributed by atoms with Crippen LogP contribution in [0, 0.1) is 19.7 Å². The van der Waals surface area contributed by atoms with Crippen molar-refractivity contribution in [3.8, 4) is 5.75 Å². The van der Waals surface area contributed by atoms with Crippen LogP contribution in [-0.2, 0) is 14.8 Å². The van der Waals surface area contributed by atoms with E-state index in [0.717, 1.165) is 11.1 Å². The lowest BCUT2D eigenvalue weighted by atomic mass is 10.1. The Hall–Kier alpha value is -2.32. The van der Waals surface area contributed by atoms with Crippen LogP contribution >= 0.6 is 0 Å². The molecule has 0 atom stereocenters. The zero-order valence-corrected chi connectivity index (χ0v) is 16.4. The molecule has 0 unspecified atom stereocenters. The van der Waals surface area contributed by atoms with Crippen molar-refractivity contribution >= 4 is 21.4 Å². The van der Waals surface area contributed by atoms with Gasteiger partial charge in [-0.15, -0.1) is 0 Å². The highest BCUT2D eigenvalue weighted by molar-refractivity contribution is 7.92. The summed E-state index contributed by atoms with van der Waals surface area (Å²) in [5, 5.41) is 0. The van der Waals surface area contributed by atoms with Crippen LogP contribution in [0.4, 0.5) is 15.8 Å². The summed E-state index contributed by atoms with van der Waals surface area (Å²) in [7, 11) is -2.55. The summed E-state index contributed by atoms with van der Waals surface area (Å²) in [6.07, 6.45) is 0. The first-order chi connectivity index (χ1) is 12.8.